The number of hydrogen-bond acceptors (Lipinski definition) is 4. The molecular formula is C17H25O4P. The highest BCUT2D eigenvalue weighted by Gasteiger charge is 2.25. The predicted molar refractivity (Wildman–Crippen MR) is 86.8 cm³/mol. The van der Waals surface area contributed by atoms with Crippen LogP contribution in [0, 0.1) is 5.92 Å². The number of benzene rings is 1. The van der Waals surface area contributed by atoms with Crippen molar-refractivity contribution in [1.29, 1.82) is 0 Å². The SMILES string of the molecule is CC1CCCC(OPOC2COC(c3ccccc3)OC2)C1. The van der Waals surface area contributed by atoms with Crippen molar-refractivity contribution in [2.75, 3.05) is 13.2 Å². The monoisotopic (exact) mass is 324 g/mol. The lowest BCUT2D eigenvalue weighted by atomic mass is 9.89. The molecule has 0 bridgehead atoms. The molecule has 0 aromatic heterocycles. The Morgan fingerprint density at radius 2 is 1.73 bits per heavy atom. The van der Waals surface area contributed by atoms with Crippen molar-refractivity contribution >= 4 is 9.03 Å². The first kappa shape index (κ1) is 16.4. The summed E-state index contributed by atoms with van der Waals surface area (Å²) >= 11 is 0. The van der Waals surface area contributed by atoms with Crippen molar-refractivity contribution in [1.82, 2.24) is 0 Å². The van der Waals surface area contributed by atoms with Gasteiger partial charge in [0.2, 0.25) is 0 Å². The third kappa shape index (κ3) is 4.74. The van der Waals surface area contributed by atoms with E-state index in [1.165, 1.54) is 12.8 Å². The minimum atomic E-state index is -0.274. The van der Waals surface area contributed by atoms with Crippen LogP contribution in [0.1, 0.15) is 44.5 Å². The maximum Gasteiger partial charge on any atom is 0.184 e. The predicted octanol–water partition coefficient (Wildman–Crippen LogP) is 4.22. The Hall–Kier alpha value is -0.510. The van der Waals surface area contributed by atoms with E-state index in [1.807, 2.05) is 30.3 Å². The smallest absolute Gasteiger partial charge is 0.184 e. The molecule has 1 aliphatic heterocycles. The molecule has 0 radical (unpaired) electrons. The highest BCUT2D eigenvalue weighted by Crippen LogP contribution is 2.32. The fraction of sp³-hybridized carbons (Fsp3) is 0.647. The zero-order valence-electron chi connectivity index (χ0n) is 13.1. The summed E-state index contributed by atoms with van der Waals surface area (Å²) < 4.78 is 23.1. The van der Waals surface area contributed by atoms with Crippen LogP contribution in [0.15, 0.2) is 30.3 Å². The van der Waals surface area contributed by atoms with Gasteiger partial charge in [-0.1, -0.05) is 50.1 Å². The molecule has 1 aromatic rings. The van der Waals surface area contributed by atoms with Gasteiger partial charge in [-0.25, -0.2) is 0 Å². The zero-order chi connectivity index (χ0) is 15.2. The fourth-order valence-electron chi connectivity index (χ4n) is 3.01. The molecule has 122 valence electrons. The van der Waals surface area contributed by atoms with E-state index in [0.717, 1.165) is 24.3 Å². The number of ether oxygens (including phenoxy) is 2. The highest BCUT2D eigenvalue weighted by atomic mass is 31.1. The van der Waals surface area contributed by atoms with Crippen molar-refractivity contribution in [3.63, 3.8) is 0 Å². The maximum atomic E-state index is 5.86. The Morgan fingerprint density at radius 1 is 1.00 bits per heavy atom. The second-order valence-corrected chi connectivity index (χ2v) is 6.88. The first-order valence-electron chi connectivity index (χ1n) is 8.15. The van der Waals surface area contributed by atoms with Crippen LogP contribution in [0.5, 0.6) is 0 Å². The molecule has 3 rings (SSSR count). The van der Waals surface area contributed by atoms with E-state index in [2.05, 4.69) is 6.92 Å². The summed E-state index contributed by atoms with van der Waals surface area (Å²) in [6.07, 6.45) is 4.98. The lowest BCUT2D eigenvalue weighted by molar-refractivity contribution is -0.215. The summed E-state index contributed by atoms with van der Waals surface area (Å²) in [4.78, 5) is 0. The van der Waals surface area contributed by atoms with Crippen LogP contribution in [0.3, 0.4) is 0 Å². The van der Waals surface area contributed by atoms with Crippen LogP contribution in [0.2, 0.25) is 0 Å². The lowest BCUT2D eigenvalue weighted by Gasteiger charge is -2.30. The second kappa shape index (κ2) is 8.37. The van der Waals surface area contributed by atoms with Crippen molar-refractivity contribution in [3.05, 3.63) is 35.9 Å². The van der Waals surface area contributed by atoms with E-state index < -0.39 is 0 Å². The van der Waals surface area contributed by atoms with E-state index in [-0.39, 0.29) is 21.4 Å². The van der Waals surface area contributed by atoms with Crippen LogP contribution in [0.25, 0.3) is 0 Å². The van der Waals surface area contributed by atoms with Gasteiger partial charge >= 0.3 is 0 Å². The molecule has 1 aliphatic carbocycles. The van der Waals surface area contributed by atoms with Gasteiger partial charge in [-0.05, 0) is 18.8 Å². The van der Waals surface area contributed by atoms with Crippen molar-refractivity contribution in [2.45, 2.75) is 51.1 Å². The average molecular weight is 324 g/mol. The number of hydrogen-bond donors (Lipinski definition) is 0. The highest BCUT2D eigenvalue weighted by molar-refractivity contribution is 7.26. The minimum absolute atomic E-state index is 0.0284. The second-order valence-electron chi connectivity index (χ2n) is 6.24. The molecule has 2 fully saturated rings. The first-order valence-corrected chi connectivity index (χ1v) is 8.97. The summed E-state index contributed by atoms with van der Waals surface area (Å²) in [7, 11) is 0.0823. The Bertz CT molecular complexity index is 434. The minimum Gasteiger partial charge on any atom is -0.346 e. The van der Waals surface area contributed by atoms with Crippen LogP contribution in [-0.4, -0.2) is 25.4 Å². The molecule has 22 heavy (non-hydrogen) atoms. The Balaban J connectivity index is 1.34. The molecule has 4 nitrogen and oxygen atoms in total. The van der Waals surface area contributed by atoms with Gasteiger partial charge in [0.05, 0.1) is 19.3 Å². The molecule has 0 spiro atoms. The molecule has 1 heterocycles. The quantitative estimate of drug-likeness (QED) is 0.760. The van der Waals surface area contributed by atoms with Crippen LogP contribution < -0.4 is 0 Å². The van der Waals surface area contributed by atoms with Gasteiger partial charge in [0.25, 0.3) is 0 Å². The van der Waals surface area contributed by atoms with Crippen molar-refractivity contribution < 1.29 is 18.5 Å². The summed E-state index contributed by atoms with van der Waals surface area (Å²) in [5.74, 6) is 0.775. The molecule has 3 unspecified atom stereocenters. The zero-order valence-corrected chi connectivity index (χ0v) is 14.1. The summed E-state index contributed by atoms with van der Waals surface area (Å²) in [5, 5.41) is 0. The van der Waals surface area contributed by atoms with Gasteiger partial charge < -0.3 is 18.5 Å². The van der Waals surface area contributed by atoms with Gasteiger partial charge in [0, 0.05) is 5.56 Å². The molecular weight excluding hydrogens is 299 g/mol. The molecule has 3 atom stereocenters. The molecule has 0 amide bonds. The third-order valence-electron chi connectivity index (χ3n) is 4.26. The van der Waals surface area contributed by atoms with Crippen LogP contribution >= 0.6 is 9.03 Å². The van der Waals surface area contributed by atoms with Gasteiger partial charge in [-0.3, -0.25) is 0 Å². The largest absolute Gasteiger partial charge is 0.346 e. The topological polar surface area (TPSA) is 36.9 Å². The summed E-state index contributed by atoms with van der Waals surface area (Å²) in [6, 6.07) is 10.0. The van der Waals surface area contributed by atoms with Gasteiger partial charge in [0.1, 0.15) is 6.10 Å². The Kier molecular flexibility index (Phi) is 6.22. The molecule has 1 aromatic carbocycles. The Labute approximate surface area is 134 Å². The third-order valence-corrected chi connectivity index (χ3v) is 5.12. The maximum absolute atomic E-state index is 5.86. The normalized spacial score (nSPS) is 33.3. The Morgan fingerprint density at radius 3 is 2.45 bits per heavy atom. The fourth-order valence-corrected chi connectivity index (χ4v) is 3.68. The lowest BCUT2D eigenvalue weighted by Crippen LogP contribution is -2.32. The average Bonchev–Trinajstić information content (AvgIpc) is 2.56. The van der Waals surface area contributed by atoms with E-state index in [9.17, 15) is 0 Å². The number of rotatable bonds is 5. The van der Waals surface area contributed by atoms with E-state index >= 15 is 0 Å². The van der Waals surface area contributed by atoms with Crippen molar-refractivity contribution in [3.8, 4) is 0 Å². The van der Waals surface area contributed by atoms with Gasteiger partial charge in [-0.15, -0.1) is 0 Å². The van der Waals surface area contributed by atoms with Crippen molar-refractivity contribution in [2.24, 2.45) is 5.92 Å². The molecule has 1 saturated heterocycles. The molecule has 5 heteroatoms. The van der Waals surface area contributed by atoms with Gasteiger partial charge in [0.15, 0.2) is 15.3 Å². The van der Waals surface area contributed by atoms with Crippen LogP contribution in [0.4, 0.5) is 0 Å². The first-order chi connectivity index (χ1) is 10.8. The van der Waals surface area contributed by atoms with E-state index in [4.69, 9.17) is 18.5 Å². The summed E-state index contributed by atoms with van der Waals surface area (Å²) in [6.45, 7) is 3.40. The molecule has 2 aliphatic rings. The molecule has 1 saturated carbocycles. The molecule has 0 N–H and O–H groups in total. The van der Waals surface area contributed by atoms with Crippen LogP contribution in [-0.2, 0) is 18.5 Å². The summed E-state index contributed by atoms with van der Waals surface area (Å²) in [5.41, 5.74) is 1.05. The van der Waals surface area contributed by atoms with Gasteiger partial charge in [-0.2, -0.15) is 0 Å². The standard InChI is InChI=1S/C17H25O4P/c1-13-6-5-9-15(10-13)20-22-21-16-11-18-17(19-12-16)14-7-3-2-4-8-14/h2-4,7-8,13,15-17,22H,5-6,9-12H2,1H3. The van der Waals surface area contributed by atoms with E-state index in [0.29, 0.717) is 19.3 Å². The van der Waals surface area contributed by atoms with E-state index in [1.54, 1.807) is 0 Å².